The number of amides is 1. The lowest BCUT2D eigenvalue weighted by Gasteiger charge is -2.24. The molecule has 23 heavy (non-hydrogen) atoms. The zero-order valence-corrected chi connectivity index (χ0v) is 15.2. The van der Waals surface area contributed by atoms with E-state index in [1.807, 2.05) is 20.8 Å². The molecule has 0 spiro atoms. The summed E-state index contributed by atoms with van der Waals surface area (Å²) in [5, 5.41) is 2.77. The van der Waals surface area contributed by atoms with E-state index in [1.165, 1.54) is 6.07 Å². The lowest BCUT2D eigenvalue weighted by molar-refractivity contribution is -0.122. The van der Waals surface area contributed by atoms with Crippen LogP contribution >= 0.6 is 11.7 Å². The molecule has 1 amide bonds. The Morgan fingerprint density at radius 3 is 2.61 bits per heavy atom. The van der Waals surface area contributed by atoms with E-state index < -0.39 is 15.6 Å². The van der Waals surface area contributed by atoms with Crippen LogP contribution in [0.3, 0.4) is 0 Å². The van der Waals surface area contributed by atoms with E-state index in [4.69, 9.17) is 0 Å². The molecule has 126 valence electrons. The molecule has 2 rings (SSSR count). The normalized spacial score (nSPS) is 12.7. The number of sulfonamides is 1. The van der Waals surface area contributed by atoms with Crippen LogP contribution in [-0.4, -0.2) is 46.0 Å². The molecule has 0 saturated carbocycles. The average molecular weight is 356 g/mol. The van der Waals surface area contributed by atoms with Crippen LogP contribution in [0, 0.1) is 0 Å². The summed E-state index contributed by atoms with van der Waals surface area (Å²) < 4.78 is 35.0. The molecule has 0 fully saturated rings. The summed E-state index contributed by atoms with van der Waals surface area (Å²) in [6, 6.07) is 4.82. The first-order valence-electron chi connectivity index (χ1n) is 7.17. The molecular formula is C14H20N4O3S2. The van der Waals surface area contributed by atoms with Gasteiger partial charge in [0.25, 0.3) is 0 Å². The Morgan fingerprint density at radius 2 is 2.00 bits per heavy atom. The molecule has 0 aliphatic carbocycles. The van der Waals surface area contributed by atoms with Gasteiger partial charge >= 0.3 is 0 Å². The summed E-state index contributed by atoms with van der Waals surface area (Å²) >= 11 is 0.962. The number of hydrogen-bond acceptors (Lipinski definition) is 6. The van der Waals surface area contributed by atoms with E-state index in [0.29, 0.717) is 11.0 Å². The predicted octanol–water partition coefficient (Wildman–Crippen LogP) is 1.62. The van der Waals surface area contributed by atoms with E-state index in [-0.39, 0.29) is 23.9 Å². The molecule has 9 heteroatoms. The maximum absolute atomic E-state index is 12.9. The van der Waals surface area contributed by atoms with Crippen LogP contribution in [0.5, 0.6) is 0 Å². The van der Waals surface area contributed by atoms with E-state index in [0.717, 1.165) is 16.0 Å². The summed E-state index contributed by atoms with van der Waals surface area (Å²) in [5.74, 6) is -0.341. The number of benzene rings is 1. The van der Waals surface area contributed by atoms with Crippen LogP contribution in [0.2, 0.25) is 0 Å². The van der Waals surface area contributed by atoms with Crippen molar-refractivity contribution in [3.63, 3.8) is 0 Å². The number of hydrogen-bond donors (Lipinski definition) is 1. The summed E-state index contributed by atoms with van der Waals surface area (Å²) in [5.41, 5.74) is 0.456. The Kier molecular flexibility index (Phi) is 5.02. The van der Waals surface area contributed by atoms with E-state index >= 15 is 0 Å². The molecule has 0 unspecified atom stereocenters. The van der Waals surface area contributed by atoms with E-state index in [9.17, 15) is 13.2 Å². The van der Waals surface area contributed by atoms with Crippen molar-refractivity contribution in [2.24, 2.45) is 0 Å². The zero-order chi connectivity index (χ0) is 17.3. The standard InChI is InChI=1S/C14H20N4O3S2/c1-5-18(9-12(19)15-14(2,3)4)23(20,21)11-8-6-7-10-13(11)17-22-16-10/h6-8H,5,9H2,1-4H3,(H,15,19). The number of carbonyl (C=O) groups excluding carboxylic acids is 1. The van der Waals surface area contributed by atoms with Crippen molar-refractivity contribution in [2.45, 2.75) is 38.1 Å². The van der Waals surface area contributed by atoms with Crippen LogP contribution < -0.4 is 5.32 Å². The second-order valence-electron chi connectivity index (χ2n) is 6.12. The summed E-state index contributed by atoms with van der Waals surface area (Å²) in [7, 11) is -3.82. The highest BCUT2D eigenvalue weighted by molar-refractivity contribution is 7.89. The van der Waals surface area contributed by atoms with Crippen LogP contribution in [-0.2, 0) is 14.8 Å². The molecular weight excluding hydrogens is 336 g/mol. The Morgan fingerprint density at radius 1 is 1.30 bits per heavy atom. The average Bonchev–Trinajstić information content (AvgIpc) is 2.90. The fourth-order valence-electron chi connectivity index (χ4n) is 2.11. The third-order valence-corrected chi connectivity index (χ3v) is 5.55. The number of nitrogens with zero attached hydrogens (tertiary/aromatic N) is 3. The molecule has 0 saturated heterocycles. The summed E-state index contributed by atoms with van der Waals surface area (Å²) in [4.78, 5) is 12.2. The van der Waals surface area contributed by atoms with Crippen LogP contribution in [0.4, 0.5) is 0 Å². The fraction of sp³-hybridized carbons (Fsp3) is 0.500. The minimum absolute atomic E-state index is 0.0779. The second kappa shape index (κ2) is 6.50. The van der Waals surface area contributed by atoms with Crippen molar-refractivity contribution in [2.75, 3.05) is 13.1 Å². The van der Waals surface area contributed by atoms with Crippen molar-refractivity contribution in [1.82, 2.24) is 18.4 Å². The summed E-state index contributed by atoms with van der Waals surface area (Å²) in [6.45, 7) is 7.19. The van der Waals surface area contributed by atoms with Gasteiger partial charge in [-0.05, 0) is 32.9 Å². The highest BCUT2D eigenvalue weighted by atomic mass is 32.2. The van der Waals surface area contributed by atoms with Gasteiger partial charge in [-0.2, -0.15) is 13.1 Å². The Balaban J connectivity index is 2.33. The smallest absolute Gasteiger partial charge is 0.245 e. The number of nitrogens with one attached hydrogen (secondary N) is 1. The van der Waals surface area contributed by atoms with Crippen LogP contribution in [0.15, 0.2) is 23.1 Å². The lowest BCUT2D eigenvalue weighted by atomic mass is 10.1. The zero-order valence-electron chi connectivity index (χ0n) is 13.5. The number of likely N-dealkylation sites (N-methyl/N-ethyl adjacent to an activating group) is 1. The SMILES string of the molecule is CCN(CC(=O)NC(C)(C)C)S(=O)(=O)c1cccc2nsnc12. The van der Waals surface area contributed by atoms with E-state index in [2.05, 4.69) is 14.1 Å². The molecule has 0 aliphatic rings. The number of aromatic nitrogens is 2. The van der Waals surface area contributed by atoms with Gasteiger partial charge in [0, 0.05) is 12.1 Å². The van der Waals surface area contributed by atoms with Crippen molar-refractivity contribution >= 4 is 38.7 Å². The molecule has 1 aromatic carbocycles. The second-order valence-corrected chi connectivity index (χ2v) is 8.55. The topological polar surface area (TPSA) is 92.3 Å². The van der Waals surface area contributed by atoms with Gasteiger partial charge < -0.3 is 5.32 Å². The molecule has 0 bridgehead atoms. The predicted molar refractivity (Wildman–Crippen MR) is 89.7 cm³/mol. The van der Waals surface area contributed by atoms with Crippen molar-refractivity contribution < 1.29 is 13.2 Å². The van der Waals surface area contributed by atoms with Gasteiger partial charge in [-0.1, -0.05) is 13.0 Å². The summed E-state index contributed by atoms with van der Waals surface area (Å²) in [6.07, 6.45) is 0. The third-order valence-electron chi connectivity index (χ3n) is 3.05. The molecule has 7 nitrogen and oxygen atoms in total. The molecule has 0 radical (unpaired) electrons. The minimum atomic E-state index is -3.82. The first-order valence-corrected chi connectivity index (χ1v) is 9.34. The molecule has 0 atom stereocenters. The van der Waals surface area contributed by atoms with Gasteiger partial charge in [0.15, 0.2) is 0 Å². The fourth-order valence-corrected chi connectivity index (χ4v) is 4.27. The van der Waals surface area contributed by atoms with Gasteiger partial charge in [-0.15, -0.1) is 0 Å². The Labute approximate surface area is 140 Å². The van der Waals surface area contributed by atoms with E-state index in [1.54, 1.807) is 19.1 Å². The first kappa shape index (κ1) is 17.8. The van der Waals surface area contributed by atoms with Crippen molar-refractivity contribution in [3.05, 3.63) is 18.2 Å². The molecule has 2 aromatic rings. The highest BCUT2D eigenvalue weighted by Gasteiger charge is 2.29. The third kappa shape index (κ3) is 4.04. The first-order chi connectivity index (χ1) is 10.6. The minimum Gasteiger partial charge on any atom is -0.350 e. The Hall–Kier alpha value is -1.58. The maximum atomic E-state index is 12.9. The van der Waals surface area contributed by atoms with Gasteiger partial charge in [0.1, 0.15) is 15.9 Å². The number of fused-ring (bicyclic) bond motifs is 1. The van der Waals surface area contributed by atoms with Crippen LogP contribution in [0.1, 0.15) is 27.7 Å². The Bertz CT molecular complexity index is 809. The monoisotopic (exact) mass is 356 g/mol. The molecule has 1 N–H and O–H groups in total. The number of carbonyl (C=O) groups is 1. The van der Waals surface area contributed by atoms with Crippen molar-refractivity contribution in [3.8, 4) is 0 Å². The number of rotatable bonds is 5. The van der Waals surface area contributed by atoms with Gasteiger partial charge in [-0.3, -0.25) is 4.79 Å². The molecule has 1 heterocycles. The lowest BCUT2D eigenvalue weighted by Crippen LogP contribution is -2.47. The quantitative estimate of drug-likeness (QED) is 0.879. The maximum Gasteiger partial charge on any atom is 0.245 e. The highest BCUT2D eigenvalue weighted by Crippen LogP contribution is 2.24. The van der Waals surface area contributed by atoms with Gasteiger partial charge in [-0.25, -0.2) is 8.42 Å². The molecule has 0 aliphatic heterocycles. The van der Waals surface area contributed by atoms with Crippen LogP contribution in [0.25, 0.3) is 11.0 Å². The van der Waals surface area contributed by atoms with Gasteiger partial charge in [0.05, 0.1) is 18.3 Å². The van der Waals surface area contributed by atoms with Crippen molar-refractivity contribution in [1.29, 1.82) is 0 Å². The molecule has 1 aromatic heterocycles. The van der Waals surface area contributed by atoms with Gasteiger partial charge in [0.2, 0.25) is 15.9 Å². The largest absolute Gasteiger partial charge is 0.350 e.